The van der Waals surface area contributed by atoms with Crippen LogP contribution in [0.3, 0.4) is 0 Å². The van der Waals surface area contributed by atoms with E-state index in [0.29, 0.717) is 12.1 Å². The molecule has 0 aliphatic carbocycles. The molecule has 0 aliphatic rings. The molecular formula is C10H10F3N3O2. The molecule has 0 saturated heterocycles. The van der Waals surface area contributed by atoms with Crippen molar-refractivity contribution in [2.24, 2.45) is 5.73 Å². The summed E-state index contributed by atoms with van der Waals surface area (Å²) in [5, 5.41) is 3.81. The molecule has 0 bridgehead atoms. The van der Waals surface area contributed by atoms with E-state index in [1.165, 1.54) is 0 Å². The number of hydrogen-bond donors (Lipinski definition) is 3. The van der Waals surface area contributed by atoms with Gasteiger partial charge in [0.15, 0.2) is 11.6 Å². The second kappa shape index (κ2) is 6.01. The molecule has 98 valence electrons. The molecule has 0 heterocycles. The Balaban J connectivity index is 2.79. The van der Waals surface area contributed by atoms with Gasteiger partial charge in [-0.05, 0) is 0 Å². The number of nitrogens with two attached hydrogens (primary N) is 1. The van der Waals surface area contributed by atoms with Crippen molar-refractivity contribution in [2.45, 2.75) is 0 Å². The van der Waals surface area contributed by atoms with Crippen LogP contribution in [0, 0.1) is 17.5 Å². The summed E-state index contributed by atoms with van der Waals surface area (Å²) in [5.74, 6) is -6.12. The van der Waals surface area contributed by atoms with Crippen LogP contribution in [-0.2, 0) is 9.59 Å². The van der Waals surface area contributed by atoms with Crippen LogP contribution in [0.15, 0.2) is 12.1 Å². The Kier molecular flexibility index (Phi) is 4.67. The van der Waals surface area contributed by atoms with Crippen LogP contribution in [0.5, 0.6) is 0 Å². The van der Waals surface area contributed by atoms with Crippen molar-refractivity contribution >= 4 is 17.5 Å². The lowest BCUT2D eigenvalue weighted by Gasteiger charge is -2.07. The Morgan fingerprint density at radius 1 is 1.11 bits per heavy atom. The Bertz CT molecular complexity index is 456. The molecular weight excluding hydrogens is 251 g/mol. The average Bonchev–Trinajstić information content (AvgIpc) is 2.30. The van der Waals surface area contributed by atoms with Gasteiger partial charge >= 0.3 is 11.8 Å². The molecule has 0 aromatic heterocycles. The van der Waals surface area contributed by atoms with E-state index in [1.807, 2.05) is 0 Å². The van der Waals surface area contributed by atoms with E-state index in [0.717, 1.165) is 0 Å². The fraction of sp³-hybridized carbons (Fsp3) is 0.200. The van der Waals surface area contributed by atoms with Crippen molar-refractivity contribution in [2.75, 3.05) is 18.4 Å². The van der Waals surface area contributed by atoms with Crippen LogP contribution in [-0.4, -0.2) is 24.9 Å². The predicted molar refractivity (Wildman–Crippen MR) is 57.0 cm³/mol. The highest BCUT2D eigenvalue weighted by atomic mass is 19.1. The molecule has 1 rings (SSSR count). The summed E-state index contributed by atoms with van der Waals surface area (Å²) in [6.07, 6.45) is 0. The minimum absolute atomic E-state index is 0.0423. The molecule has 0 saturated carbocycles. The highest BCUT2D eigenvalue weighted by Gasteiger charge is 2.18. The molecule has 5 nitrogen and oxygen atoms in total. The van der Waals surface area contributed by atoms with Crippen LogP contribution in [0.25, 0.3) is 0 Å². The number of hydrogen-bond acceptors (Lipinski definition) is 3. The fourth-order valence-electron chi connectivity index (χ4n) is 1.10. The van der Waals surface area contributed by atoms with Gasteiger partial charge in [0.25, 0.3) is 0 Å². The number of amides is 2. The van der Waals surface area contributed by atoms with E-state index in [2.05, 4.69) is 5.32 Å². The summed E-state index contributed by atoms with van der Waals surface area (Å²) in [6, 6.07) is 0.771. The minimum Gasteiger partial charge on any atom is -0.347 e. The zero-order valence-electron chi connectivity index (χ0n) is 9.10. The Morgan fingerprint density at radius 2 is 1.67 bits per heavy atom. The molecule has 8 heteroatoms. The molecule has 1 aromatic rings. The van der Waals surface area contributed by atoms with Crippen molar-refractivity contribution in [3.05, 3.63) is 29.6 Å². The summed E-state index contributed by atoms with van der Waals surface area (Å²) in [5.41, 5.74) is 4.20. The van der Waals surface area contributed by atoms with Gasteiger partial charge in [0, 0.05) is 25.2 Å². The van der Waals surface area contributed by atoms with E-state index in [1.54, 1.807) is 5.32 Å². The third kappa shape index (κ3) is 3.45. The molecule has 2 amide bonds. The zero-order chi connectivity index (χ0) is 13.7. The highest BCUT2D eigenvalue weighted by molar-refractivity contribution is 6.39. The lowest BCUT2D eigenvalue weighted by atomic mass is 10.2. The highest BCUT2D eigenvalue weighted by Crippen LogP contribution is 2.19. The van der Waals surface area contributed by atoms with Crippen LogP contribution < -0.4 is 16.4 Å². The summed E-state index contributed by atoms with van der Waals surface area (Å²) >= 11 is 0. The van der Waals surface area contributed by atoms with Crippen molar-refractivity contribution < 1.29 is 22.8 Å². The lowest BCUT2D eigenvalue weighted by Crippen LogP contribution is -2.38. The Labute approximate surface area is 100 Å². The maximum absolute atomic E-state index is 13.1. The number of benzene rings is 1. The van der Waals surface area contributed by atoms with Crippen LogP contribution >= 0.6 is 0 Å². The standard InChI is InChI=1S/C10H10F3N3O2/c11-5-3-6(12)8(7(13)4-5)16-10(18)9(17)15-2-1-14/h3-4H,1-2,14H2,(H,15,17)(H,16,18). The summed E-state index contributed by atoms with van der Waals surface area (Å²) < 4.78 is 38.9. The summed E-state index contributed by atoms with van der Waals surface area (Å²) in [6.45, 7) is 0.152. The first-order valence-corrected chi connectivity index (χ1v) is 4.89. The molecule has 0 atom stereocenters. The largest absolute Gasteiger partial charge is 0.347 e. The average molecular weight is 261 g/mol. The molecule has 0 radical (unpaired) electrons. The summed E-state index contributed by atoms with van der Waals surface area (Å²) in [4.78, 5) is 22.3. The second-order valence-electron chi connectivity index (χ2n) is 3.24. The first-order valence-electron chi connectivity index (χ1n) is 4.89. The number of anilines is 1. The van der Waals surface area contributed by atoms with Gasteiger partial charge in [-0.15, -0.1) is 0 Å². The second-order valence-corrected chi connectivity index (χ2v) is 3.24. The normalized spacial score (nSPS) is 10.0. The minimum atomic E-state index is -1.31. The van der Waals surface area contributed by atoms with E-state index < -0.39 is 35.0 Å². The van der Waals surface area contributed by atoms with Crippen molar-refractivity contribution in [1.29, 1.82) is 0 Å². The first-order chi connectivity index (χ1) is 8.45. The maximum atomic E-state index is 13.1. The smallest absolute Gasteiger partial charge is 0.313 e. The molecule has 0 aliphatic heterocycles. The van der Waals surface area contributed by atoms with E-state index in [-0.39, 0.29) is 13.1 Å². The Hall–Kier alpha value is -2.09. The van der Waals surface area contributed by atoms with Crippen LogP contribution in [0.4, 0.5) is 18.9 Å². The van der Waals surface area contributed by atoms with Crippen LogP contribution in [0.2, 0.25) is 0 Å². The number of carbonyl (C=O) groups is 2. The fourth-order valence-corrected chi connectivity index (χ4v) is 1.10. The van der Waals surface area contributed by atoms with Crippen molar-refractivity contribution in [1.82, 2.24) is 5.32 Å². The van der Waals surface area contributed by atoms with Gasteiger partial charge in [-0.2, -0.15) is 0 Å². The van der Waals surface area contributed by atoms with E-state index in [9.17, 15) is 22.8 Å². The van der Waals surface area contributed by atoms with Crippen molar-refractivity contribution in [3.8, 4) is 0 Å². The lowest BCUT2D eigenvalue weighted by molar-refractivity contribution is -0.136. The molecule has 0 spiro atoms. The SMILES string of the molecule is NCCNC(=O)C(=O)Nc1c(F)cc(F)cc1F. The van der Waals surface area contributed by atoms with Gasteiger partial charge in [0.2, 0.25) is 0 Å². The number of rotatable bonds is 3. The third-order valence-electron chi connectivity index (χ3n) is 1.88. The first kappa shape index (κ1) is 14.0. The van der Waals surface area contributed by atoms with Crippen molar-refractivity contribution in [3.63, 3.8) is 0 Å². The van der Waals surface area contributed by atoms with Gasteiger partial charge in [-0.3, -0.25) is 9.59 Å². The summed E-state index contributed by atoms with van der Waals surface area (Å²) in [7, 11) is 0. The van der Waals surface area contributed by atoms with Gasteiger partial charge in [-0.1, -0.05) is 0 Å². The number of halogens is 3. The number of nitrogens with one attached hydrogen (secondary N) is 2. The topological polar surface area (TPSA) is 84.2 Å². The molecule has 0 unspecified atom stereocenters. The number of carbonyl (C=O) groups excluding carboxylic acids is 2. The van der Waals surface area contributed by atoms with E-state index >= 15 is 0 Å². The monoisotopic (exact) mass is 261 g/mol. The quantitative estimate of drug-likeness (QED) is 0.675. The van der Waals surface area contributed by atoms with Gasteiger partial charge in [-0.25, -0.2) is 13.2 Å². The predicted octanol–water partition coefficient (Wildman–Crippen LogP) is 0.117. The molecule has 18 heavy (non-hydrogen) atoms. The molecule has 1 aromatic carbocycles. The Morgan fingerprint density at radius 3 is 2.17 bits per heavy atom. The molecule has 4 N–H and O–H groups in total. The zero-order valence-corrected chi connectivity index (χ0v) is 9.10. The maximum Gasteiger partial charge on any atom is 0.313 e. The molecule has 0 fully saturated rings. The van der Waals surface area contributed by atoms with E-state index in [4.69, 9.17) is 5.73 Å². The van der Waals surface area contributed by atoms with Gasteiger partial charge in [0.05, 0.1) is 0 Å². The third-order valence-corrected chi connectivity index (χ3v) is 1.88. The van der Waals surface area contributed by atoms with Crippen LogP contribution in [0.1, 0.15) is 0 Å². The van der Waals surface area contributed by atoms with Gasteiger partial charge < -0.3 is 16.4 Å². The van der Waals surface area contributed by atoms with Gasteiger partial charge in [0.1, 0.15) is 11.5 Å².